The molecule has 1 N–H and O–H groups in total. The monoisotopic (exact) mass is 221 g/mol. The average molecular weight is 221 g/mol. The number of nitrogens with one attached hydrogen (secondary N) is 1. The average Bonchev–Trinajstić information content (AvgIpc) is 2.70. The Bertz CT molecular complexity index is 318. The topological polar surface area (TPSA) is 12.0 Å². The highest BCUT2D eigenvalue weighted by Crippen LogP contribution is 2.21. The molecule has 2 unspecified atom stereocenters. The number of hydrogen-bond donors (Lipinski definition) is 1. The number of thioether (sulfide) groups is 1. The van der Waals surface area contributed by atoms with Crippen molar-refractivity contribution in [3.63, 3.8) is 0 Å². The molecule has 1 heterocycles. The van der Waals surface area contributed by atoms with Crippen molar-refractivity contribution >= 4 is 11.8 Å². The van der Waals surface area contributed by atoms with Gasteiger partial charge in [0.05, 0.1) is 0 Å². The Morgan fingerprint density at radius 2 is 2.33 bits per heavy atom. The molecule has 1 saturated heterocycles. The van der Waals surface area contributed by atoms with E-state index >= 15 is 0 Å². The molecule has 1 aliphatic heterocycles. The van der Waals surface area contributed by atoms with E-state index in [1.54, 1.807) is 0 Å². The molecule has 1 fully saturated rings. The van der Waals surface area contributed by atoms with Crippen molar-refractivity contribution in [1.82, 2.24) is 5.32 Å². The van der Waals surface area contributed by atoms with E-state index in [9.17, 15) is 0 Å². The Labute approximate surface area is 96.7 Å². The molecule has 0 aromatic heterocycles. The van der Waals surface area contributed by atoms with Crippen LogP contribution in [-0.4, -0.2) is 17.5 Å². The van der Waals surface area contributed by atoms with Gasteiger partial charge in [-0.25, -0.2) is 0 Å². The summed E-state index contributed by atoms with van der Waals surface area (Å²) in [6.07, 6.45) is 1.32. The predicted molar refractivity (Wildman–Crippen MR) is 68.5 cm³/mol. The second-order valence-corrected chi connectivity index (χ2v) is 5.51. The van der Waals surface area contributed by atoms with Crippen LogP contribution in [0.25, 0.3) is 0 Å². The van der Waals surface area contributed by atoms with Crippen LogP contribution in [-0.2, 0) is 0 Å². The highest BCUT2D eigenvalue weighted by molar-refractivity contribution is 7.99. The van der Waals surface area contributed by atoms with E-state index in [2.05, 4.69) is 55.2 Å². The van der Waals surface area contributed by atoms with Gasteiger partial charge in [0.25, 0.3) is 0 Å². The van der Waals surface area contributed by atoms with Crippen molar-refractivity contribution in [3.05, 3.63) is 35.4 Å². The zero-order chi connectivity index (χ0) is 10.7. The fraction of sp³-hybridized carbons (Fsp3) is 0.538. The minimum Gasteiger partial charge on any atom is -0.307 e. The molecule has 2 heteroatoms. The number of aryl methyl sites for hydroxylation is 1. The normalized spacial score (nSPS) is 22.9. The van der Waals surface area contributed by atoms with Gasteiger partial charge in [-0.05, 0) is 31.6 Å². The maximum Gasteiger partial charge on any atom is 0.0294 e. The lowest BCUT2D eigenvalue weighted by molar-refractivity contribution is 0.486. The Balaban J connectivity index is 1.97. The Morgan fingerprint density at radius 3 is 3.00 bits per heavy atom. The molecule has 0 spiro atoms. The molecule has 2 rings (SSSR count). The van der Waals surface area contributed by atoms with Gasteiger partial charge in [0.1, 0.15) is 0 Å². The number of hydrogen-bond acceptors (Lipinski definition) is 2. The summed E-state index contributed by atoms with van der Waals surface area (Å²) < 4.78 is 0. The molecule has 1 aromatic rings. The Morgan fingerprint density at radius 1 is 1.47 bits per heavy atom. The standard InChI is InChI=1S/C13H19NS/c1-10-4-3-5-12(8-10)11(2)14-13-6-7-15-9-13/h3-5,8,11,13-14H,6-7,9H2,1-2H3. The van der Waals surface area contributed by atoms with Gasteiger partial charge in [-0.1, -0.05) is 29.8 Å². The molecule has 82 valence electrons. The van der Waals surface area contributed by atoms with Crippen LogP contribution in [0.1, 0.15) is 30.5 Å². The Kier molecular flexibility index (Phi) is 3.71. The van der Waals surface area contributed by atoms with Crippen molar-refractivity contribution in [2.24, 2.45) is 0 Å². The summed E-state index contributed by atoms with van der Waals surface area (Å²) in [6.45, 7) is 4.42. The van der Waals surface area contributed by atoms with E-state index in [1.165, 1.54) is 29.1 Å². The first kappa shape index (κ1) is 11.0. The lowest BCUT2D eigenvalue weighted by atomic mass is 10.0. The molecule has 15 heavy (non-hydrogen) atoms. The van der Waals surface area contributed by atoms with Crippen LogP contribution in [0.2, 0.25) is 0 Å². The van der Waals surface area contributed by atoms with Crippen molar-refractivity contribution in [1.29, 1.82) is 0 Å². The highest BCUT2D eigenvalue weighted by atomic mass is 32.2. The van der Waals surface area contributed by atoms with Gasteiger partial charge in [-0.2, -0.15) is 11.8 Å². The van der Waals surface area contributed by atoms with Gasteiger partial charge in [0.15, 0.2) is 0 Å². The van der Waals surface area contributed by atoms with Crippen molar-refractivity contribution in [2.45, 2.75) is 32.4 Å². The summed E-state index contributed by atoms with van der Waals surface area (Å²) in [5.74, 6) is 2.59. The molecule has 0 bridgehead atoms. The van der Waals surface area contributed by atoms with E-state index in [-0.39, 0.29) is 0 Å². The summed E-state index contributed by atoms with van der Waals surface area (Å²) in [4.78, 5) is 0. The van der Waals surface area contributed by atoms with Crippen LogP contribution in [0.15, 0.2) is 24.3 Å². The lowest BCUT2D eigenvalue weighted by Gasteiger charge is -2.19. The minimum absolute atomic E-state index is 0.480. The van der Waals surface area contributed by atoms with Crippen molar-refractivity contribution in [2.75, 3.05) is 11.5 Å². The van der Waals surface area contributed by atoms with Crippen molar-refractivity contribution in [3.8, 4) is 0 Å². The largest absolute Gasteiger partial charge is 0.307 e. The van der Waals surface area contributed by atoms with Crippen LogP contribution in [0, 0.1) is 6.92 Å². The van der Waals surface area contributed by atoms with Crippen LogP contribution in [0.5, 0.6) is 0 Å². The molecule has 1 aliphatic rings. The minimum atomic E-state index is 0.480. The summed E-state index contributed by atoms with van der Waals surface area (Å²) in [6, 6.07) is 9.99. The van der Waals surface area contributed by atoms with Crippen LogP contribution in [0.3, 0.4) is 0 Å². The molecular formula is C13H19NS. The molecule has 1 aromatic carbocycles. The van der Waals surface area contributed by atoms with Gasteiger partial charge >= 0.3 is 0 Å². The van der Waals surface area contributed by atoms with Crippen LogP contribution in [0.4, 0.5) is 0 Å². The van der Waals surface area contributed by atoms with Crippen molar-refractivity contribution < 1.29 is 0 Å². The first-order valence-electron chi connectivity index (χ1n) is 5.66. The van der Waals surface area contributed by atoms with E-state index in [0.717, 1.165) is 0 Å². The van der Waals surface area contributed by atoms with Gasteiger partial charge in [0, 0.05) is 17.8 Å². The maximum absolute atomic E-state index is 3.70. The summed E-state index contributed by atoms with van der Waals surface area (Å²) in [7, 11) is 0. The summed E-state index contributed by atoms with van der Waals surface area (Å²) >= 11 is 2.06. The van der Waals surface area contributed by atoms with Crippen LogP contribution >= 0.6 is 11.8 Å². The fourth-order valence-corrected chi connectivity index (χ4v) is 3.22. The number of benzene rings is 1. The molecule has 0 aliphatic carbocycles. The molecule has 0 amide bonds. The molecule has 0 saturated carbocycles. The third-order valence-electron chi connectivity index (χ3n) is 2.96. The zero-order valence-electron chi connectivity index (χ0n) is 9.49. The van der Waals surface area contributed by atoms with E-state index in [1.807, 2.05) is 0 Å². The molecule has 2 atom stereocenters. The van der Waals surface area contributed by atoms with Gasteiger partial charge < -0.3 is 5.32 Å². The van der Waals surface area contributed by atoms with Gasteiger partial charge in [-0.15, -0.1) is 0 Å². The number of rotatable bonds is 3. The van der Waals surface area contributed by atoms with Gasteiger partial charge in [-0.3, -0.25) is 0 Å². The Hall–Kier alpha value is -0.470. The summed E-state index contributed by atoms with van der Waals surface area (Å²) in [5.41, 5.74) is 2.76. The first-order valence-corrected chi connectivity index (χ1v) is 6.81. The lowest BCUT2D eigenvalue weighted by Crippen LogP contribution is -2.31. The third-order valence-corrected chi connectivity index (χ3v) is 4.12. The van der Waals surface area contributed by atoms with E-state index < -0.39 is 0 Å². The summed E-state index contributed by atoms with van der Waals surface area (Å²) in [5, 5.41) is 3.70. The molecule has 1 nitrogen and oxygen atoms in total. The SMILES string of the molecule is Cc1cccc(C(C)NC2CCSC2)c1. The predicted octanol–water partition coefficient (Wildman–Crippen LogP) is 3.15. The van der Waals surface area contributed by atoms with E-state index in [0.29, 0.717) is 12.1 Å². The first-order chi connectivity index (χ1) is 7.25. The quantitative estimate of drug-likeness (QED) is 0.841. The smallest absolute Gasteiger partial charge is 0.0294 e. The third kappa shape index (κ3) is 2.99. The second-order valence-electron chi connectivity index (χ2n) is 4.36. The highest BCUT2D eigenvalue weighted by Gasteiger charge is 2.17. The second kappa shape index (κ2) is 5.04. The van der Waals surface area contributed by atoms with Gasteiger partial charge in [0.2, 0.25) is 0 Å². The fourth-order valence-electron chi connectivity index (χ4n) is 2.06. The zero-order valence-corrected chi connectivity index (χ0v) is 10.3. The molecule has 0 radical (unpaired) electrons. The van der Waals surface area contributed by atoms with Crippen LogP contribution < -0.4 is 5.32 Å². The molecular weight excluding hydrogens is 202 g/mol. The van der Waals surface area contributed by atoms with E-state index in [4.69, 9.17) is 0 Å². The maximum atomic E-state index is 3.70.